The Hall–Kier alpha value is -13.1. The summed E-state index contributed by atoms with van der Waals surface area (Å²) < 4.78 is 3.92. The van der Waals surface area contributed by atoms with E-state index in [-0.39, 0.29) is 16.7 Å². The Morgan fingerprint density at radius 3 is 0.983 bits per heavy atom. The third kappa shape index (κ3) is 18.1. The van der Waals surface area contributed by atoms with Crippen LogP contribution in [0.5, 0.6) is 0 Å². The van der Waals surface area contributed by atoms with Crippen molar-refractivity contribution < 1.29 is 29.7 Å². The normalized spacial score (nSPS) is 10.9. The lowest BCUT2D eigenvalue weighted by Crippen LogP contribution is -1.95. The van der Waals surface area contributed by atoms with Gasteiger partial charge in [0, 0.05) is 111 Å². The number of fused-ring (bicyclic) bond motifs is 1. The molecular formula is C96H67Br4N9O6S. The predicted molar refractivity (Wildman–Crippen MR) is 478 cm³/mol. The van der Waals surface area contributed by atoms with Crippen LogP contribution in [0.2, 0.25) is 0 Å². The summed E-state index contributed by atoms with van der Waals surface area (Å²) in [6, 6.07) is 110. The molecule has 0 fully saturated rings. The highest BCUT2D eigenvalue weighted by Crippen LogP contribution is 2.42. The summed E-state index contributed by atoms with van der Waals surface area (Å²) in [6.07, 6.45) is 0. The van der Waals surface area contributed by atoms with Gasteiger partial charge < -0.3 is 40.2 Å². The molecule has 0 saturated carbocycles. The number of aromatic amines is 5. The van der Waals surface area contributed by atoms with Crippen LogP contribution >= 0.6 is 75.5 Å². The Morgan fingerprint density at radius 2 is 0.578 bits per heavy atom. The van der Waals surface area contributed by atoms with Gasteiger partial charge in [-0.2, -0.15) is 0 Å². The van der Waals surface area contributed by atoms with Gasteiger partial charge in [0.05, 0.1) is 62.2 Å². The highest BCUT2D eigenvalue weighted by atomic mass is 79.9. The van der Waals surface area contributed by atoms with Crippen LogP contribution in [0.25, 0.3) is 147 Å². The van der Waals surface area contributed by atoms with Crippen LogP contribution in [0, 0.1) is 6.92 Å². The number of aromatic nitrogens is 9. The molecule has 0 aliphatic heterocycles. The Kier molecular flexibility index (Phi) is 24.2. The summed E-state index contributed by atoms with van der Waals surface area (Å²) in [6.45, 7) is 2.10. The van der Waals surface area contributed by atoms with E-state index in [1.807, 2.05) is 158 Å². The van der Waals surface area contributed by atoms with E-state index in [2.05, 4.69) is 205 Å². The number of benzene rings is 13. The van der Waals surface area contributed by atoms with Crippen molar-refractivity contribution >= 4 is 104 Å². The number of H-pyrrole nitrogens is 5. The quantitative estimate of drug-likeness (QED) is 0.0426. The Bertz CT molecular complexity index is 6240. The summed E-state index contributed by atoms with van der Waals surface area (Å²) in [4.78, 5) is 72.7. The highest BCUT2D eigenvalue weighted by Gasteiger charge is 2.23. The number of aromatic carboxylic acids is 3. The number of carbonyl (C=O) groups is 3. The number of carboxylic acids is 3. The van der Waals surface area contributed by atoms with E-state index >= 15 is 0 Å². The number of aryl methyl sites for hydroxylation is 1. The molecule has 0 bridgehead atoms. The van der Waals surface area contributed by atoms with Crippen molar-refractivity contribution in [1.82, 2.24) is 44.9 Å². The number of nitrogens with one attached hydrogen (secondary N) is 5. The van der Waals surface area contributed by atoms with E-state index in [0.717, 1.165) is 152 Å². The van der Waals surface area contributed by atoms with Crippen molar-refractivity contribution in [3.8, 4) is 136 Å². The zero-order chi connectivity index (χ0) is 80.2. The van der Waals surface area contributed by atoms with Gasteiger partial charge in [-0.05, 0) is 110 Å². The van der Waals surface area contributed by atoms with Gasteiger partial charge in [0.25, 0.3) is 0 Å². The number of hydrogen-bond donors (Lipinski definition) is 8. The van der Waals surface area contributed by atoms with Gasteiger partial charge in [0.2, 0.25) is 0 Å². The summed E-state index contributed by atoms with van der Waals surface area (Å²) >= 11 is 15.9. The van der Waals surface area contributed by atoms with Crippen LogP contribution < -0.4 is 0 Å². The maximum absolute atomic E-state index is 11.2. The lowest BCUT2D eigenvalue weighted by atomic mass is 10.1. The Balaban J connectivity index is 0.000000122. The van der Waals surface area contributed by atoms with E-state index < -0.39 is 17.9 Å². The van der Waals surface area contributed by atoms with Gasteiger partial charge in [-0.15, -0.1) is 0 Å². The van der Waals surface area contributed by atoms with Crippen molar-refractivity contribution in [3.63, 3.8) is 0 Å². The first-order valence-electron chi connectivity index (χ1n) is 36.5. The minimum atomic E-state index is -0.949. The second-order valence-electron chi connectivity index (χ2n) is 26.6. The van der Waals surface area contributed by atoms with Crippen LogP contribution in [0.15, 0.2) is 367 Å². The molecule has 0 unspecified atom stereocenters. The smallest absolute Gasteiger partial charge is 0.335 e. The van der Waals surface area contributed by atoms with E-state index in [0.29, 0.717) is 17.5 Å². The lowest BCUT2D eigenvalue weighted by molar-refractivity contribution is 0.0686. The van der Waals surface area contributed by atoms with Crippen molar-refractivity contribution in [2.75, 3.05) is 0 Å². The second kappa shape index (κ2) is 36.0. The SMILES string of the molecule is Cc1[nH]c2ccccc2c1-c1nc(-c2ccccc2)c(-c2ccccc2)[nH]1.O=C(O)c1ccc(-c2nc(-c3ccc(Br)cc3)c(-c3ccccc3Br)[nH]2)cc1.O=C(O)c1ccc(-c2nc(-c3ccc(Br)cc3)c(-c3ccccc3Br)[nH]2)cc1.O=C(O)c1ccc(-c2nc(-c3ccccc3)c(-c3ccc(Sc4ccccc4)cc3)[nH]2)cc1. The minimum Gasteiger partial charge on any atom is -0.478 e. The monoisotopic (exact) mass is 1790 g/mol. The van der Waals surface area contributed by atoms with Crippen LogP contribution in [-0.4, -0.2) is 78.1 Å². The number of carboxylic acid groups (broad SMARTS) is 3. The molecule has 8 N–H and O–H groups in total. The molecule has 0 radical (unpaired) electrons. The summed E-state index contributed by atoms with van der Waals surface area (Å²) in [5.74, 6) is 0.110. The number of halogens is 4. The van der Waals surface area contributed by atoms with Gasteiger partial charge in [-0.3, -0.25) is 0 Å². The highest BCUT2D eigenvalue weighted by molar-refractivity contribution is 9.11. The van der Waals surface area contributed by atoms with Crippen molar-refractivity contribution in [1.29, 1.82) is 0 Å². The fourth-order valence-corrected chi connectivity index (χ4v) is 15.5. The molecule has 15 nitrogen and oxygen atoms in total. The lowest BCUT2D eigenvalue weighted by Gasteiger charge is -2.05. The number of imidazole rings is 4. The van der Waals surface area contributed by atoms with Crippen molar-refractivity contribution in [2.24, 2.45) is 0 Å². The van der Waals surface area contributed by atoms with Crippen molar-refractivity contribution in [2.45, 2.75) is 16.7 Å². The molecular weight excluding hydrogens is 1730 g/mol. The molecule has 116 heavy (non-hydrogen) atoms. The Morgan fingerprint density at radius 1 is 0.284 bits per heavy atom. The standard InChI is InChI=1S/C28H20N2O2S.C24H19N3.2C22H14Br2N2O2/c31-28(32)22-13-11-21(12-14-22)27-29-25(19-7-3-1-4-8-19)26(30-27)20-15-17-24(18-16-20)33-23-9-5-2-6-10-23;1-16-21(19-14-8-9-15-20(19)25-16)24-26-22(17-10-4-2-5-11-17)23(27-24)18-12-6-3-7-13-18;2*23-16-11-9-13(10-12-16)19-20(17-3-1-2-4-18(17)24)26-21(25-19)14-5-7-15(8-6-14)22(27)28/h1-18H,(H,29,30)(H,31,32);2-15,25H,1H3,(H,26,27);2*1-12H,(H,25,26)(H,27,28). The summed E-state index contributed by atoms with van der Waals surface area (Å²) in [7, 11) is 0. The number of hydrogen-bond acceptors (Lipinski definition) is 8. The number of nitrogens with zero attached hydrogens (tertiary/aromatic N) is 4. The predicted octanol–water partition coefficient (Wildman–Crippen LogP) is 26.7. The summed E-state index contributed by atoms with van der Waals surface area (Å²) in [5, 5.41) is 28.6. The third-order valence-corrected chi connectivity index (χ3v) is 22.4. The number of para-hydroxylation sites is 1. The van der Waals surface area contributed by atoms with Gasteiger partial charge in [0.1, 0.15) is 23.3 Å². The molecule has 5 aromatic heterocycles. The van der Waals surface area contributed by atoms with E-state index in [4.69, 9.17) is 30.1 Å². The second-order valence-corrected chi connectivity index (χ2v) is 31.3. The molecule has 0 aliphatic carbocycles. The molecule has 0 atom stereocenters. The zero-order valence-electron chi connectivity index (χ0n) is 61.6. The molecule has 20 heteroatoms. The third-order valence-electron chi connectivity index (χ3n) is 19.0. The molecule has 13 aromatic carbocycles. The first-order valence-corrected chi connectivity index (χ1v) is 40.5. The van der Waals surface area contributed by atoms with E-state index in [9.17, 15) is 19.5 Å². The largest absolute Gasteiger partial charge is 0.478 e. The van der Waals surface area contributed by atoms with Crippen LogP contribution in [-0.2, 0) is 0 Å². The van der Waals surface area contributed by atoms with E-state index in [1.54, 1.807) is 84.6 Å². The zero-order valence-corrected chi connectivity index (χ0v) is 68.8. The van der Waals surface area contributed by atoms with Gasteiger partial charge in [-0.1, -0.05) is 312 Å². The Labute approximate surface area is 705 Å². The van der Waals surface area contributed by atoms with Crippen LogP contribution in [0.3, 0.4) is 0 Å². The van der Waals surface area contributed by atoms with Crippen LogP contribution in [0.1, 0.15) is 36.8 Å². The molecule has 0 spiro atoms. The first-order chi connectivity index (χ1) is 56.5. The molecule has 0 aliphatic rings. The molecule has 0 amide bonds. The molecule has 566 valence electrons. The fourth-order valence-electron chi connectivity index (χ4n) is 13.2. The van der Waals surface area contributed by atoms with Crippen LogP contribution in [0.4, 0.5) is 0 Å². The average molecular weight is 1790 g/mol. The van der Waals surface area contributed by atoms with Crippen molar-refractivity contribution in [3.05, 3.63) is 380 Å². The molecule has 18 aromatic rings. The van der Waals surface area contributed by atoms with Gasteiger partial charge in [0.15, 0.2) is 0 Å². The van der Waals surface area contributed by atoms with Gasteiger partial charge in [-0.25, -0.2) is 34.3 Å². The molecule has 18 rings (SSSR count). The average Bonchev–Trinajstić information content (AvgIpc) is 1.62. The minimum absolute atomic E-state index is 0.245. The topological polar surface area (TPSA) is 242 Å². The fraction of sp³-hybridized carbons (Fsp3) is 0.0104. The maximum atomic E-state index is 11.2. The molecule has 0 saturated heterocycles. The van der Waals surface area contributed by atoms with Gasteiger partial charge >= 0.3 is 17.9 Å². The first kappa shape index (κ1) is 78.2. The maximum Gasteiger partial charge on any atom is 0.335 e. The number of rotatable bonds is 17. The molecule has 5 heterocycles. The summed E-state index contributed by atoms with van der Waals surface area (Å²) in [5.41, 5.74) is 22.1. The van der Waals surface area contributed by atoms with E-state index in [1.165, 1.54) is 10.3 Å².